The number of nitrogens with one attached hydrogen (secondary N) is 1. The van der Waals surface area contributed by atoms with E-state index in [9.17, 15) is 0 Å². The summed E-state index contributed by atoms with van der Waals surface area (Å²) in [6, 6.07) is 4.00. The Hall–Kier alpha value is -0.440. The van der Waals surface area contributed by atoms with E-state index >= 15 is 0 Å². The molecule has 120 valence electrons. The molecule has 1 aromatic rings. The van der Waals surface area contributed by atoms with Crippen LogP contribution in [0.4, 0.5) is 0 Å². The summed E-state index contributed by atoms with van der Waals surface area (Å²) >= 11 is 12.6. The molecule has 0 aliphatic rings. The predicted octanol–water partition coefficient (Wildman–Crippen LogP) is 6.01. The fraction of sp³-hybridized carbons (Fsp3) is 0.647. The maximum absolute atomic E-state index is 6.39. The summed E-state index contributed by atoms with van der Waals surface area (Å²) < 4.78 is 5.21. The standard InChI is InChI=1S/C17H27Cl2NO/c1-4-6-7-8-9-10-16(20-5-2)13-11-15(19)17(21-3)12-14(13)18/h11-12,16,20H,4-10H2,1-3H3. The third kappa shape index (κ3) is 6.06. The molecule has 1 aromatic carbocycles. The topological polar surface area (TPSA) is 21.3 Å². The van der Waals surface area contributed by atoms with E-state index in [4.69, 9.17) is 27.9 Å². The molecule has 0 aromatic heterocycles. The van der Waals surface area contributed by atoms with E-state index in [1.807, 2.05) is 6.07 Å². The first-order valence-electron chi connectivity index (χ1n) is 7.90. The third-order valence-electron chi connectivity index (χ3n) is 3.69. The summed E-state index contributed by atoms with van der Waals surface area (Å²) in [5.74, 6) is 0.628. The summed E-state index contributed by atoms with van der Waals surface area (Å²) in [6.07, 6.45) is 7.47. The first kappa shape index (κ1) is 18.6. The quantitative estimate of drug-likeness (QED) is 0.530. The highest BCUT2D eigenvalue weighted by atomic mass is 35.5. The van der Waals surface area contributed by atoms with Crippen LogP contribution in [0.3, 0.4) is 0 Å². The fourth-order valence-electron chi connectivity index (χ4n) is 2.53. The summed E-state index contributed by atoms with van der Waals surface area (Å²) in [7, 11) is 1.60. The van der Waals surface area contributed by atoms with Crippen LogP contribution < -0.4 is 10.1 Å². The zero-order valence-electron chi connectivity index (χ0n) is 13.3. The van der Waals surface area contributed by atoms with Crippen molar-refractivity contribution in [2.45, 2.75) is 58.4 Å². The summed E-state index contributed by atoms with van der Waals surface area (Å²) in [4.78, 5) is 0. The number of unbranched alkanes of at least 4 members (excludes halogenated alkanes) is 4. The van der Waals surface area contributed by atoms with Crippen LogP contribution in [0.1, 0.15) is 64.0 Å². The molecule has 0 aliphatic heterocycles. The molecule has 1 rings (SSSR count). The Morgan fingerprint density at radius 1 is 1.05 bits per heavy atom. The molecule has 0 saturated heterocycles. The third-order valence-corrected chi connectivity index (χ3v) is 4.32. The molecule has 0 heterocycles. The average Bonchev–Trinajstić information content (AvgIpc) is 2.48. The molecule has 1 unspecified atom stereocenters. The Balaban J connectivity index is 2.73. The summed E-state index contributed by atoms with van der Waals surface area (Å²) in [6.45, 7) is 5.27. The molecule has 4 heteroatoms. The number of benzene rings is 1. The van der Waals surface area contributed by atoms with Crippen LogP contribution in [0, 0.1) is 0 Å². The van der Waals surface area contributed by atoms with Gasteiger partial charge in [-0.15, -0.1) is 0 Å². The van der Waals surface area contributed by atoms with Crippen LogP contribution in [0.5, 0.6) is 5.75 Å². The van der Waals surface area contributed by atoms with Crippen LogP contribution in [0.25, 0.3) is 0 Å². The predicted molar refractivity (Wildman–Crippen MR) is 92.8 cm³/mol. The van der Waals surface area contributed by atoms with Crippen molar-refractivity contribution in [3.05, 3.63) is 27.7 Å². The van der Waals surface area contributed by atoms with E-state index in [-0.39, 0.29) is 6.04 Å². The van der Waals surface area contributed by atoms with Gasteiger partial charge in [-0.1, -0.05) is 69.2 Å². The number of hydrogen-bond donors (Lipinski definition) is 1. The van der Waals surface area contributed by atoms with Crippen LogP contribution >= 0.6 is 23.2 Å². The van der Waals surface area contributed by atoms with Gasteiger partial charge in [0.15, 0.2) is 0 Å². The molecule has 0 aliphatic carbocycles. The number of ether oxygens (including phenoxy) is 1. The van der Waals surface area contributed by atoms with Gasteiger partial charge >= 0.3 is 0 Å². The number of halogens is 2. The van der Waals surface area contributed by atoms with Crippen molar-refractivity contribution in [2.75, 3.05) is 13.7 Å². The molecule has 21 heavy (non-hydrogen) atoms. The maximum atomic E-state index is 6.39. The van der Waals surface area contributed by atoms with Crippen molar-refractivity contribution < 1.29 is 4.74 Å². The highest BCUT2D eigenvalue weighted by Gasteiger charge is 2.16. The molecule has 0 saturated carbocycles. The van der Waals surface area contributed by atoms with E-state index < -0.39 is 0 Å². The van der Waals surface area contributed by atoms with Gasteiger partial charge in [0.2, 0.25) is 0 Å². The molecular formula is C17H27Cl2NO. The molecule has 0 spiro atoms. The monoisotopic (exact) mass is 331 g/mol. The van der Waals surface area contributed by atoms with Gasteiger partial charge < -0.3 is 10.1 Å². The van der Waals surface area contributed by atoms with Gasteiger partial charge in [0.25, 0.3) is 0 Å². The molecular weight excluding hydrogens is 305 g/mol. The van der Waals surface area contributed by atoms with Crippen molar-refractivity contribution in [1.29, 1.82) is 0 Å². The van der Waals surface area contributed by atoms with Crippen LogP contribution in [-0.4, -0.2) is 13.7 Å². The van der Waals surface area contributed by atoms with Crippen molar-refractivity contribution in [1.82, 2.24) is 5.32 Å². The average molecular weight is 332 g/mol. The van der Waals surface area contributed by atoms with Crippen LogP contribution in [0.15, 0.2) is 12.1 Å². The normalized spacial score (nSPS) is 12.4. The molecule has 2 nitrogen and oxygen atoms in total. The Labute approximate surface area is 139 Å². The van der Waals surface area contributed by atoms with Gasteiger partial charge in [0.05, 0.1) is 12.1 Å². The number of rotatable bonds is 10. The van der Waals surface area contributed by atoms with Crippen molar-refractivity contribution in [3.63, 3.8) is 0 Å². The highest BCUT2D eigenvalue weighted by molar-refractivity contribution is 6.34. The molecule has 0 amide bonds. The van der Waals surface area contributed by atoms with E-state index in [1.54, 1.807) is 13.2 Å². The Kier molecular flexibility index (Phi) is 9.14. The van der Waals surface area contributed by atoms with Crippen molar-refractivity contribution in [3.8, 4) is 5.75 Å². The van der Waals surface area contributed by atoms with E-state index in [1.165, 1.54) is 32.1 Å². The minimum atomic E-state index is 0.257. The van der Waals surface area contributed by atoms with Crippen LogP contribution in [-0.2, 0) is 0 Å². The lowest BCUT2D eigenvalue weighted by Gasteiger charge is -2.20. The lowest BCUT2D eigenvalue weighted by molar-refractivity contribution is 0.414. The molecule has 0 radical (unpaired) electrons. The Morgan fingerprint density at radius 2 is 1.76 bits per heavy atom. The molecule has 0 bridgehead atoms. The van der Waals surface area contributed by atoms with Gasteiger partial charge in [0, 0.05) is 17.1 Å². The largest absolute Gasteiger partial charge is 0.495 e. The lowest BCUT2D eigenvalue weighted by Crippen LogP contribution is -2.21. The lowest BCUT2D eigenvalue weighted by atomic mass is 9.99. The smallest absolute Gasteiger partial charge is 0.138 e. The van der Waals surface area contributed by atoms with Gasteiger partial charge in [0.1, 0.15) is 5.75 Å². The van der Waals surface area contributed by atoms with Crippen LogP contribution in [0.2, 0.25) is 10.0 Å². The van der Waals surface area contributed by atoms with Crippen molar-refractivity contribution in [2.24, 2.45) is 0 Å². The molecule has 1 atom stereocenters. The number of hydrogen-bond acceptors (Lipinski definition) is 2. The second-order valence-electron chi connectivity index (χ2n) is 5.32. The SMILES string of the molecule is CCCCCCCC(NCC)c1cc(Cl)c(OC)cc1Cl. The Morgan fingerprint density at radius 3 is 2.38 bits per heavy atom. The number of methoxy groups -OCH3 is 1. The zero-order chi connectivity index (χ0) is 15.7. The summed E-state index contributed by atoms with van der Waals surface area (Å²) in [5, 5.41) is 4.85. The van der Waals surface area contributed by atoms with E-state index in [2.05, 4.69) is 19.2 Å². The van der Waals surface area contributed by atoms with Gasteiger partial charge in [-0.25, -0.2) is 0 Å². The highest BCUT2D eigenvalue weighted by Crippen LogP contribution is 2.35. The second-order valence-corrected chi connectivity index (χ2v) is 6.14. The minimum absolute atomic E-state index is 0.257. The Bertz CT molecular complexity index is 423. The van der Waals surface area contributed by atoms with E-state index in [0.29, 0.717) is 10.8 Å². The molecule has 1 N–H and O–H groups in total. The first-order chi connectivity index (χ1) is 10.1. The first-order valence-corrected chi connectivity index (χ1v) is 8.65. The second kappa shape index (κ2) is 10.3. The summed E-state index contributed by atoms with van der Waals surface area (Å²) in [5.41, 5.74) is 1.07. The maximum Gasteiger partial charge on any atom is 0.138 e. The van der Waals surface area contributed by atoms with Crippen molar-refractivity contribution >= 4 is 23.2 Å². The van der Waals surface area contributed by atoms with Gasteiger partial charge in [-0.3, -0.25) is 0 Å². The van der Waals surface area contributed by atoms with Gasteiger partial charge in [-0.05, 0) is 24.6 Å². The van der Waals surface area contributed by atoms with Gasteiger partial charge in [-0.2, -0.15) is 0 Å². The van der Waals surface area contributed by atoms with E-state index in [0.717, 1.165) is 23.6 Å². The fourth-order valence-corrected chi connectivity index (χ4v) is 3.07. The zero-order valence-corrected chi connectivity index (χ0v) is 14.9. The molecule has 0 fully saturated rings. The minimum Gasteiger partial charge on any atom is -0.495 e.